The highest BCUT2D eigenvalue weighted by atomic mass is 19.1. The molecule has 0 amide bonds. The average Bonchev–Trinajstić information content (AvgIpc) is 2.16. The van der Waals surface area contributed by atoms with Gasteiger partial charge in [0.2, 0.25) is 0 Å². The first-order valence-electron chi connectivity index (χ1n) is 3.83. The van der Waals surface area contributed by atoms with Crippen LogP contribution in [0.15, 0.2) is 49.1 Å². The molecule has 1 unspecified atom stereocenters. The number of benzene rings is 1. The third-order valence-corrected chi connectivity index (χ3v) is 1.50. The van der Waals surface area contributed by atoms with Gasteiger partial charge in [-0.25, -0.2) is 4.39 Å². The summed E-state index contributed by atoms with van der Waals surface area (Å²) >= 11 is 0. The Morgan fingerprint density at radius 3 is 2.50 bits per heavy atom. The molecule has 0 saturated carbocycles. The lowest BCUT2D eigenvalue weighted by molar-refractivity contribution is 0.471. The molecular weight excluding hydrogens is 151 g/mol. The quantitative estimate of drug-likeness (QED) is 0.598. The van der Waals surface area contributed by atoms with E-state index in [-0.39, 0.29) is 0 Å². The van der Waals surface area contributed by atoms with Crippen LogP contribution in [-0.2, 0) is 0 Å². The van der Waals surface area contributed by atoms with Crippen LogP contribution < -0.4 is 0 Å². The SMILES string of the molecule is C=CC(F)C=Cc1ccccc1. The summed E-state index contributed by atoms with van der Waals surface area (Å²) in [5, 5.41) is 0. The van der Waals surface area contributed by atoms with Gasteiger partial charge in [0.25, 0.3) is 0 Å². The van der Waals surface area contributed by atoms with Crippen molar-refractivity contribution in [1.29, 1.82) is 0 Å². The van der Waals surface area contributed by atoms with Crippen molar-refractivity contribution >= 4 is 6.08 Å². The van der Waals surface area contributed by atoms with E-state index in [4.69, 9.17) is 0 Å². The number of halogens is 1. The first-order valence-corrected chi connectivity index (χ1v) is 3.83. The van der Waals surface area contributed by atoms with Gasteiger partial charge in [-0.2, -0.15) is 0 Å². The Kier molecular flexibility index (Phi) is 3.27. The second-order valence-corrected chi connectivity index (χ2v) is 2.45. The van der Waals surface area contributed by atoms with Crippen molar-refractivity contribution in [2.75, 3.05) is 0 Å². The van der Waals surface area contributed by atoms with Crippen LogP contribution in [0.3, 0.4) is 0 Å². The molecule has 0 heterocycles. The van der Waals surface area contributed by atoms with Gasteiger partial charge in [-0.1, -0.05) is 49.1 Å². The second kappa shape index (κ2) is 4.50. The summed E-state index contributed by atoms with van der Waals surface area (Å²) in [6.07, 6.45) is 3.43. The summed E-state index contributed by atoms with van der Waals surface area (Å²) < 4.78 is 12.6. The fourth-order valence-corrected chi connectivity index (χ4v) is 0.846. The summed E-state index contributed by atoms with van der Waals surface area (Å²) in [4.78, 5) is 0. The van der Waals surface area contributed by atoms with E-state index in [1.807, 2.05) is 30.3 Å². The standard InChI is InChI=1S/C11H11F/c1-2-11(12)9-8-10-6-4-3-5-7-10/h2-9,11H,1H2. The monoisotopic (exact) mass is 162 g/mol. The van der Waals surface area contributed by atoms with Gasteiger partial charge in [0.05, 0.1) is 0 Å². The van der Waals surface area contributed by atoms with Crippen LogP contribution in [0.25, 0.3) is 6.08 Å². The van der Waals surface area contributed by atoms with Crippen LogP contribution in [0.2, 0.25) is 0 Å². The van der Waals surface area contributed by atoms with E-state index in [1.54, 1.807) is 6.08 Å². The Hall–Kier alpha value is -1.37. The average molecular weight is 162 g/mol. The number of alkyl halides is 1. The molecule has 0 N–H and O–H groups in total. The Morgan fingerprint density at radius 2 is 1.92 bits per heavy atom. The molecule has 0 aromatic heterocycles. The van der Waals surface area contributed by atoms with Gasteiger partial charge in [0, 0.05) is 0 Å². The third-order valence-electron chi connectivity index (χ3n) is 1.50. The number of hydrogen-bond acceptors (Lipinski definition) is 0. The van der Waals surface area contributed by atoms with Crippen molar-refractivity contribution in [2.24, 2.45) is 0 Å². The van der Waals surface area contributed by atoms with Crippen LogP contribution in [0.1, 0.15) is 5.56 Å². The zero-order valence-corrected chi connectivity index (χ0v) is 6.78. The molecule has 0 aliphatic carbocycles. The van der Waals surface area contributed by atoms with E-state index < -0.39 is 6.17 Å². The first-order chi connectivity index (χ1) is 5.83. The van der Waals surface area contributed by atoms with E-state index in [2.05, 4.69) is 6.58 Å². The molecule has 0 bridgehead atoms. The predicted octanol–water partition coefficient (Wildman–Crippen LogP) is 3.22. The first kappa shape index (κ1) is 8.72. The largest absolute Gasteiger partial charge is 0.238 e. The molecule has 12 heavy (non-hydrogen) atoms. The Morgan fingerprint density at radius 1 is 1.25 bits per heavy atom. The molecule has 1 atom stereocenters. The fraction of sp³-hybridized carbons (Fsp3) is 0.0909. The smallest absolute Gasteiger partial charge is 0.137 e. The van der Waals surface area contributed by atoms with E-state index >= 15 is 0 Å². The van der Waals surface area contributed by atoms with Gasteiger partial charge in [0.15, 0.2) is 0 Å². The molecule has 0 nitrogen and oxygen atoms in total. The van der Waals surface area contributed by atoms with Gasteiger partial charge in [0.1, 0.15) is 6.17 Å². The molecular formula is C11H11F. The number of rotatable bonds is 3. The molecule has 1 aromatic rings. The van der Waals surface area contributed by atoms with Gasteiger partial charge in [-0.3, -0.25) is 0 Å². The Bertz CT molecular complexity index is 262. The highest BCUT2D eigenvalue weighted by Gasteiger charge is 1.90. The van der Waals surface area contributed by atoms with Crippen molar-refractivity contribution in [3.8, 4) is 0 Å². The van der Waals surface area contributed by atoms with Crippen LogP contribution >= 0.6 is 0 Å². The van der Waals surface area contributed by atoms with Crippen LogP contribution in [-0.4, -0.2) is 6.17 Å². The van der Waals surface area contributed by atoms with Crippen molar-refractivity contribution in [1.82, 2.24) is 0 Å². The van der Waals surface area contributed by atoms with Crippen molar-refractivity contribution in [3.63, 3.8) is 0 Å². The van der Waals surface area contributed by atoms with Crippen molar-refractivity contribution in [2.45, 2.75) is 6.17 Å². The molecule has 0 fully saturated rings. The van der Waals surface area contributed by atoms with Gasteiger partial charge < -0.3 is 0 Å². The zero-order valence-electron chi connectivity index (χ0n) is 6.78. The molecule has 1 heteroatoms. The highest BCUT2D eigenvalue weighted by molar-refractivity contribution is 5.49. The topological polar surface area (TPSA) is 0 Å². The van der Waals surface area contributed by atoms with Gasteiger partial charge in [-0.05, 0) is 11.6 Å². The summed E-state index contributed by atoms with van der Waals surface area (Å²) in [5.74, 6) is 0. The molecule has 1 aromatic carbocycles. The lowest BCUT2D eigenvalue weighted by Crippen LogP contribution is -1.85. The minimum absolute atomic E-state index is 1.00. The normalized spacial score (nSPS) is 13.1. The van der Waals surface area contributed by atoms with Crippen LogP contribution in [0, 0.1) is 0 Å². The summed E-state index contributed by atoms with van der Waals surface area (Å²) in [6.45, 7) is 3.35. The second-order valence-electron chi connectivity index (χ2n) is 2.45. The Balaban J connectivity index is 2.63. The van der Waals surface area contributed by atoms with Crippen LogP contribution in [0.5, 0.6) is 0 Å². The maximum atomic E-state index is 12.6. The summed E-state index contributed by atoms with van der Waals surface area (Å²) in [7, 11) is 0. The summed E-state index contributed by atoms with van der Waals surface area (Å²) in [6, 6.07) is 9.61. The van der Waals surface area contributed by atoms with Crippen LogP contribution in [0.4, 0.5) is 4.39 Å². The molecule has 0 aliphatic heterocycles. The third kappa shape index (κ3) is 2.70. The zero-order chi connectivity index (χ0) is 8.81. The molecule has 1 rings (SSSR count). The van der Waals surface area contributed by atoms with Gasteiger partial charge in [-0.15, -0.1) is 0 Å². The molecule has 0 spiro atoms. The van der Waals surface area contributed by atoms with E-state index in [0.717, 1.165) is 5.56 Å². The van der Waals surface area contributed by atoms with Crippen molar-refractivity contribution in [3.05, 3.63) is 54.6 Å². The Labute approximate surface area is 72.0 Å². The summed E-state index contributed by atoms with van der Waals surface area (Å²) in [5.41, 5.74) is 1.00. The highest BCUT2D eigenvalue weighted by Crippen LogP contribution is 2.03. The molecule has 0 radical (unpaired) electrons. The van der Waals surface area contributed by atoms with Gasteiger partial charge >= 0.3 is 0 Å². The van der Waals surface area contributed by atoms with E-state index in [0.29, 0.717) is 0 Å². The maximum absolute atomic E-state index is 12.6. The molecule has 0 saturated heterocycles. The lowest BCUT2D eigenvalue weighted by Gasteiger charge is -1.93. The molecule has 62 valence electrons. The predicted molar refractivity (Wildman–Crippen MR) is 50.6 cm³/mol. The van der Waals surface area contributed by atoms with E-state index in [9.17, 15) is 4.39 Å². The maximum Gasteiger partial charge on any atom is 0.137 e. The minimum atomic E-state index is -1.05. The van der Waals surface area contributed by atoms with Crippen molar-refractivity contribution < 1.29 is 4.39 Å². The number of allylic oxidation sites excluding steroid dienone is 2. The minimum Gasteiger partial charge on any atom is -0.238 e. The molecule has 0 aliphatic rings. The fourth-order valence-electron chi connectivity index (χ4n) is 0.846. The lowest BCUT2D eigenvalue weighted by atomic mass is 10.2. The van der Waals surface area contributed by atoms with E-state index in [1.165, 1.54) is 12.2 Å². The number of hydrogen-bond donors (Lipinski definition) is 0.